The maximum atomic E-state index is 5.77. The van der Waals surface area contributed by atoms with Crippen LogP contribution >= 0.6 is 0 Å². The highest BCUT2D eigenvalue weighted by Gasteiger charge is 2.21. The van der Waals surface area contributed by atoms with Crippen LogP contribution in [0.1, 0.15) is 26.7 Å². The summed E-state index contributed by atoms with van der Waals surface area (Å²) in [5, 5.41) is 14.5. The molecule has 1 fully saturated rings. The predicted molar refractivity (Wildman–Crippen MR) is 82.0 cm³/mol. The highest BCUT2D eigenvalue weighted by Crippen LogP contribution is 2.28. The number of ether oxygens (including phenoxy) is 1. The van der Waals surface area contributed by atoms with Crippen LogP contribution in [0.5, 0.6) is 5.75 Å². The molecule has 110 valence electrons. The van der Waals surface area contributed by atoms with Gasteiger partial charge in [0, 0.05) is 6.04 Å². The first-order valence-electron chi connectivity index (χ1n) is 7.19. The fraction of sp³-hybridized carbons (Fsp3) is 0.400. The van der Waals surface area contributed by atoms with Crippen LogP contribution in [0.3, 0.4) is 0 Å². The first-order chi connectivity index (χ1) is 10.2. The fourth-order valence-corrected chi connectivity index (χ4v) is 1.91. The van der Waals surface area contributed by atoms with E-state index in [2.05, 4.69) is 25.8 Å². The van der Waals surface area contributed by atoms with E-state index in [1.54, 1.807) is 6.20 Å². The van der Waals surface area contributed by atoms with E-state index in [9.17, 15) is 0 Å². The van der Waals surface area contributed by atoms with Crippen LogP contribution in [-0.2, 0) is 0 Å². The van der Waals surface area contributed by atoms with Gasteiger partial charge in [0.15, 0.2) is 5.82 Å². The Balaban J connectivity index is 1.76. The molecule has 6 nitrogen and oxygen atoms in total. The van der Waals surface area contributed by atoms with Gasteiger partial charge in [0.05, 0.1) is 18.0 Å². The zero-order valence-corrected chi connectivity index (χ0v) is 12.2. The molecule has 0 bridgehead atoms. The number of anilines is 3. The number of para-hydroxylation sites is 2. The van der Waals surface area contributed by atoms with Gasteiger partial charge in [-0.05, 0) is 38.8 Å². The van der Waals surface area contributed by atoms with Gasteiger partial charge in [-0.25, -0.2) is 0 Å². The molecular weight excluding hydrogens is 266 g/mol. The molecule has 0 spiro atoms. The summed E-state index contributed by atoms with van der Waals surface area (Å²) in [5.41, 5.74) is 0.830. The van der Waals surface area contributed by atoms with Crippen molar-refractivity contribution >= 4 is 17.5 Å². The third-order valence-corrected chi connectivity index (χ3v) is 2.98. The molecule has 1 aromatic carbocycles. The van der Waals surface area contributed by atoms with E-state index in [0.29, 0.717) is 12.0 Å². The average Bonchev–Trinajstić information content (AvgIpc) is 3.25. The van der Waals surface area contributed by atoms with Crippen molar-refractivity contribution in [2.75, 3.05) is 10.6 Å². The Morgan fingerprint density at radius 2 is 2.05 bits per heavy atom. The number of aromatic nitrogens is 3. The molecule has 2 N–H and O–H groups in total. The summed E-state index contributed by atoms with van der Waals surface area (Å²) in [6.07, 6.45) is 4.13. The lowest BCUT2D eigenvalue weighted by Gasteiger charge is -2.14. The molecule has 0 aliphatic heterocycles. The van der Waals surface area contributed by atoms with Crippen LogP contribution < -0.4 is 15.4 Å². The number of benzene rings is 1. The van der Waals surface area contributed by atoms with Gasteiger partial charge in [-0.3, -0.25) is 0 Å². The summed E-state index contributed by atoms with van der Waals surface area (Å²) in [4.78, 5) is 4.42. The van der Waals surface area contributed by atoms with Gasteiger partial charge < -0.3 is 15.4 Å². The Bertz CT molecular complexity index is 613. The van der Waals surface area contributed by atoms with Crippen molar-refractivity contribution in [2.24, 2.45) is 0 Å². The molecule has 1 aromatic heterocycles. The molecule has 0 radical (unpaired) electrons. The average molecular weight is 285 g/mol. The molecule has 2 aromatic rings. The number of nitrogens with zero attached hydrogens (tertiary/aromatic N) is 3. The van der Waals surface area contributed by atoms with Gasteiger partial charge in [-0.15, -0.1) is 5.10 Å². The third-order valence-electron chi connectivity index (χ3n) is 2.98. The summed E-state index contributed by atoms with van der Waals surface area (Å²) in [7, 11) is 0. The van der Waals surface area contributed by atoms with E-state index in [0.717, 1.165) is 17.3 Å². The number of hydrogen-bond donors (Lipinski definition) is 2. The number of hydrogen-bond acceptors (Lipinski definition) is 6. The van der Waals surface area contributed by atoms with Crippen molar-refractivity contribution in [1.82, 2.24) is 15.2 Å². The van der Waals surface area contributed by atoms with Crippen LogP contribution in [0, 0.1) is 0 Å². The minimum absolute atomic E-state index is 0.106. The first-order valence-corrected chi connectivity index (χ1v) is 7.19. The normalized spacial score (nSPS) is 14.0. The quantitative estimate of drug-likeness (QED) is 0.850. The summed E-state index contributed by atoms with van der Waals surface area (Å²) in [6.45, 7) is 3.99. The van der Waals surface area contributed by atoms with Crippen molar-refractivity contribution in [2.45, 2.75) is 38.8 Å². The molecule has 0 amide bonds. The number of rotatable bonds is 6. The van der Waals surface area contributed by atoms with Crippen molar-refractivity contribution in [3.63, 3.8) is 0 Å². The summed E-state index contributed by atoms with van der Waals surface area (Å²) < 4.78 is 5.77. The van der Waals surface area contributed by atoms with E-state index >= 15 is 0 Å². The Labute approximate surface area is 124 Å². The van der Waals surface area contributed by atoms with E-state index in [1.807, 2.05) is 38.1 Å². The van der Waals surface area contributed by atoms with Crippen molar-refractivity contribution in [3.8, 4) is 5.75 Å². The SMILES string of the molecule is CC(C)Oc1ccccc1Nc1nncc(NC2CC2)n1. The molecule has 0 unspecified atom stereocenters. The fourth-order valence-electron chi connectivity index (χ4n) is 1.91. The second-order valence-electron chi connectivity index (χ2n) is 5.37. The van der Waals surface area contributed by atoms with Gasteiger partial charge in [0.1, 0.15) is 5.75 Å². The van der Waals surface area contributed by atoms with Crippen molar-refractivity contribution in [1.29, 1.82) is 0 Å². The van der Waals surface area contributed by atoms with Crippen molar-refractivity contribution < 1.29 is 4.74 Å². The third kappa shape index (κ3) is 3.81. The van der Waals surface area contributed by atoms with Crippen LogP contribution in [-0.4, -0.2) is 27.3 Å². The lowest BCUT2D eigenvalue weighted by Crippen LogP contribution is -2.09. The monoisotopic (exact) mass is 285 g/mol. The summed E-state index contributed by atoms with van der Waals surface area (Å²) >= 11 is 0. The van der Waals surface area contributed by atoms with Crippen molar-refractivity contribution in [3.05, 3.63) is 30.5 Å². The molecule has 6 heteroatoms. The number of nitrogens with one attached hydrogen (secondary N) is 2. The van der Waals surface area contributed by atoms with Gasteiger partial charge in [-0.2, -0.15) is 10.1 Å². The topological polar surface area (TPSA) is 72.0 Å². The molecular formula is C15H19N5O. The summed E-state index contributed by atoms with van der Waals surface area (Å²) in [6, 6.07) is 8.26. The van der Waals surface area contributed by atoms with Gasteiger partial charge >= 0.3 is 0 Å². The van der Waals surface area contributed by atoms with Crippen LogP contribution in [0.15, 0.2) is 30.5 Å². The van der Waals surface area contributed by atoms with E-state index < -0.39 is 0 Å². The zero-order valence-electron chi connectivity index (χ0n) is 12.2. The molecule has 1 aliphatic rings. The second kappa shape index (κ2) is 5.95. The van der Waals surface area contributed by atoms with Gasteiger partial charge in [-0.1, -0.05) is 12.1 Å². The maximum Gasteiger partial charge on any atom is 0.249 e. The zero-order chi connectivity index (χ0) is 14.7. The molecule has 1 saturated carbocycles. The minimum Gasteiger partial charge on any atom is -0.489 e. The minimum atomic E-state index is 0.106. The molecule has 1 heterocycles. The van der Waals surface area contributed by atoms with E-state index in [4.69, 9.17) is 4.74 Å². The first kappa shape index (κ1) is 13.6. The Morgan fingerprint density at radius 3 is 2.81 bits per heavy atom. The Morgan fingerprint density at radius 1 is 1.24 bits per heavy atom. The van der Waals surface area contributed by atoms with Crippen LogP contribution in [0.25, 0.3) is 0 Å². The summed E-state index contributed by atoms with van der Waals surface area (Å²) in [5.74, 6) is 1.98. The maximum absolute atomic E-state index is 5.77. The smallest absolute Gasteiger partial charge is 0.249 e. The largest absolute Gasteiger partial charge is 0.489 e. The van der Waals surface area contributed by atoms with E-state index in [1.165, 1.54) is 12.8 Å². The van der Waals surface area contributed by atoms with Crippen LogP contribution in [0.2, 0.25) is 0 Å². The van der Waals surface area contributed by atoms with Crippen LogP contribution in [0.4, 0.5) is 17.5 Å². The van der Waals surface area contributed by atoms with E-state index in [-0.39, 0.29) is 6.10 Å². The Kier molecular flexibility index (Phi) is 3.85. The molecule has 0 saturated heterocycles. The molecule has 21 heavy (non-hydrogen) atoms. The lowest BCUT2D eigenvalue weighted by atomic mass is 10.3. The molecule has 1 aliphatic carbocycles. The predicted octanol–water partition coefficient (Wildman–Crippen LogP) is 2.98. The highest BCUT2D eigenvalue weighted by atomic mass is 16.5. The molecule has 3 rings (SSSR count). The highest BCUT2D eigenvalue weighted by molar-refractivity contribution is 5.62. The lowest BCUT2D eigenvalue weighted by molar-refractivity contribution is 0.244. The molecule has 0 atom stereocenters. The van der Waals surface area contributed by atoms with Gasteiger partial charge in [0.2, 0.25) is 5.95 Å². The second-order valence-corrected chi connectivity index (χ2v) is 5.37. The standard InChI is InChI=1S/C15H19N5O/c1-10(2)21-13-6-4-3-5-12(13)18-15-19-14(9-16-20-15)17-11-7-8-11/h3-6,9-11H,7-8H2,1-2H3,(H2,17,18,19,20). The van der Waals surface area contributed by atoms with Gasteiger partial charge in [0.25, 0.3) is 0 Å². The Hall–Kier alpha value is -2.37.